The van der Waals surface area contributed by atoms with E-state index in [0.717, 1.165) is 83.5 Å². The summed E-state index contributed by atoms with van der Waals surface area (Å²) in [5, 5.41) is 8.85. The highest BCUT2D eigenvalue weighted by Gasteiger charge is 2.27. The monoisotopic (exact) mass is 751 g/mol. The first kappa shape index (κ1) is 49.4. The topological polar surface area (TPSA) is 155 Å². The molecule has 0 aliphatic heterocycles. The lowest BCUT2D eigenvalue weighted by Crippen LogP contribution is -2.34. The number of carboxylic acid groups (broad SMARTS) is 1. The number of carboxylic acids is 1. The molecular weight excluding hydrogens is 681 g/mol. The molecule has 298 valence electrons. The van der Waals surface area contributed by atoms with Gasteiger partial charge in [0.1, 0.15) is 12.1 Å². The Morgan fingerprint density at radius 1 is 0.635 bits per heavy atom. The van der Waals surface area contributed by atoms with Crippen LogP contribution in [0.3, 0.4) is 0 Å². The van der Waals surface area contributed by atoms with Crippen molar-refractivity contribution in [2.75, 3.05) is 26.4 Å². The average molecular weight is 752 g/mol. The number of hydrogen-bond acceptors (Lipinski definition) is 8. The normalized spacial score (nSPS) is 14.8. The van der Waals surface area contributed by atoms with Crippen molar-refractivity contribution in [2.24, 2.45) is 5.73 Å². The van der Waals surface area contributed by atoms with Crippen LogP contribution >= 0.6 is 7.82 Å². The SMILES string of the molecule is CC/C=C\C/C=C\C/C=C\C/C=C\C/C=C\C/C=C\CCCCCOCC(COP(=O)(O)OCC(N)C(=O)O)OC(=O)CCCCCCCCCC. The summed E-state index contributed by atoms with van der Waals surface area (Å²) in [5.74, 6) is -1.81. The van der Waals surface area contributed by atoms with Crippen molar-refractivity contribution in [1.29, 1.82) is 0 Å². The molecule has 0 saturated carbocycles. The summed E-state index contributed by atoms with van der Waals surface area (Å²) >= 11 is 0. The Kier molecular flexibility index (Phi) is 34.9. The Morgan fingerprint density at radius 3 is 1.65 bits per heavy atom. The van der Waals surface area contributed by atoms with E-state index in [1.54, 1.807) is 0 Å². The molecule has 0 amide bonds. The predicted octanol–water partition coefficient (Wildman–Crippen LogP) is 10.2. The maximum atomic E-state index is 12.5. The summed E-state index contributed by atoms with van der Waals surface area (Å²) < 4.78 is 33.1. The van der Waals surface area contributed by atoms with E-state index in [1.165, 1.54) is 25.7 Å². The van der Waals surface area contributed by atoms with Crippen molar-refractivity contribution in [3.63, 3.8) is 0 Å². The van der Waals surface area contributed by atoms with Gasteiger partial charge in [0.05, 0.1) is 19.8 Å². The van der Waals surface area contributed by atoms with Crippen LogP contribution in [-0.4, -0.2) is 60.5 Å². The second-order valence-corrected chi connectivity index (χ2v) is 14.1. The molecule has 0 heterocycles. The molecular formula is C41H70NO9P. The molecule has 3 unspecified atom stereocenters. The van der Waals surface area contributed by atoms with Crippen LogP contribution in [0.2, 0.25) is 0 Å². The first-order chi connectivity index (χ1) is 25.2. The maximum absolute atomic E-state index is 12.5. The number of phosphoric ester groups is 1. The smallest absolute Gasteiger partial charge is 0.472 e. The predicted molar refractivity (Wildman–Crippen MR) is 212 cm³/mol. The average Bonchev–Trinajstić information content (AvgIpc) is 3.12. The van der Waals surface area contributed by atoms with Crippen molar-refractivity contribution in [1.82, 2.24) is 0 Å². The molecule has 0 rings (SSSR count). The Bertz CT molecular complexity index is 1100. The summed E-state index contributed by atoms with van der Waals surface area (Å²) in [6.07, 6.45) is 44.0. The Morgan fingerprint density at radius 2 is 1.12 bits per heavy atom. The molecule has 52 heavy (non-hydrogen) atoms. The van der Waals surface area contributed by atoms with E-state index in [0.29, 0.717) is 13.0 Å². The van der Waals surface area contributed by atoms with Gasteiger partial charge in [0, 0.05) is 13.0 Å². The second kappa shape index (κ2) is 36.8. The second-order valence-electron chi connectivity index (χ2n) is 12.7. The third-order valence-corrected chi connectivity index (χ3v) is 8.70. The van der Waals surface area contributed by atoms with Gasteiger partial charge < -0.3 is 25.2 Å². The van der Waals surface area contributed by atoms with Crippen LogP contribution in [0.5, 0.6) is 0 Å². The van der Waals surface area contributed by atoms with Crippen LogP contribution in [0.1, 0.15) is 136 Å². The van der Waals surface area contributed by atoms with Gasteiger partial charge in [-0.1, -0.05) is 138 Å². The molecule has 0 aromatic rings. The highest BCUT2D eigenvalue weighted by Crippen LogP contribution is 2.43. The van der Waals surface area contributed by atoms with Crippen LogP contribution in [-0.2, 0) is 32.7 Å². The van der Waals surface area contributed by atoms with Crippen LogP contribution < -0.4 is 5.73 Å². The lowest BCUT2D eigenvalue weighted by atomic mass is 10.1. The largest absolute Gasteiger partial charge is 0.480 e. The number of nitrogens with two attached hydrogens (primary N) is 1. The third-order valence-electron chi connectivity index (χ3n) is 7.75. The molecule has 4 N–H and O–H groups in total. The van der Waals surface area contributed by atoms with Gasteiger partial charge >= 0.3 is 19.8 Å². The molecule has 0 aromatic carbocycles. The third kappa shape index (κ3) is 35.8. The number of hydrogen-bond donors (Lipinski definition) is 3. The zero-order valence-corrected chi connectivity index (χ0v) is 33.0. The van der Waals surface area contributed by atoms with Gasteiger partial charge in [0.2, 0.25) is 0 Å². The summed E-state index contributed by atoms with van der Waals surface area (Å²) in [6.45, 7) is 3.61. The number of aliphatic carboxylic acids is 1. The molecule has 0 saturated heterocycles. The molecule has 0 aliphatic carbocycles. The summed E-state index contributed by atoms with van der Waals surface area (Å²) in [4.78, 5) is 33.3. The standard InChI is InChI=1S/C41H70NO9P/c1-3-5-7-9-11-13-14-15-16-17-18-19-20-21-22-23-24-25-26-28-30-32-34-48-35-38(36-49-52(46,47)50-37-39(42)41(44)45)51-40(43)33-31-29-27-12-10-8-6-4-2/h5,7,11,13,15-16,18-19,21-22,24-25,38-39H,3-4,6,8-10,12,14,17,20,23,26-37,42H2,1-2H3,(H,44,45)(H,46,47)/b7-5-,13-11-,16-15-,19-18-,22-21-,25-24-. The number of rotatable bonds is 36. The van der Waals surface area contributed by atoms with Crippen molar-refractivity contribution in [3.05, 3.63) is 72.9 Å². The van der Waals surface area contributed by atoms with E-state index in [4.69, 9.17) is 24.8 Å². The molecule has 0 aliphatic rings. The van der Waals surface area contributed by atoms with Gasteiger partial charge in [-0.2, -0.15) is 0 Å². The number of carbonyl (C=O) groups is 2. The van der Waals surface area contributed by atoms with Crippen molar-refractivity contribution in [2.45, 2.75) is 148 Å². The lowest BCUT2D eigenvalue weighted by Gasteiger charge is -2.20. The minimum Gasteiger partial charge on any atom is -0.480 e. The molecule has 11 heteroatoms. The fourth-order valence-electron chi connectivity index (χ4n) is 4.72. The number of carbonyl (C=O) groups excluding carboxylic acids is 1. The summed E-state index contributed by atoms with van der Waals surface area (Å²) in [6, 6.07) is -1.48. The molecule has 0 aromatic heterocycles. The molecule has 10 nitrogen and oxygen atoms in total. The Balaban J connectivity index is 4.28. The van der Waals surface area contributed by atoms with Gasteiger partial charge in [0.15, 0.2) is 0 Å². The quantitative estimate of drug-likeness (QED) is 0.0244. The zero-order chi connectivity index (χ0) is 38.4. The zero-order valence-electron chi connectivity index (χ0n) is 32.1. The van der Waals surface area contributed by atoms with E-state index in [-0.39, 0.29) is 13.0 Å². The van der Waals surface area contributed by atoms with Crippen LogP contribution in [0.4, 0.5) is 0 Å². The van der Waals surface area contributed by atoms with E-state index in [9.17, 15) is 19.0 Å². The molecule has 0 fully saturated rings. The number of unbranched alkanes of at least 4 members (excludes halogenated alkanes) is 10. The number of allylic oxidation sites excluding steroid dienone is 12. The summed E-state index contributed by atoms with van der Waals surface area (Å²) in [7, 11) is -4.62. The van der Waals surface area contributed by atoms with Crippen LogP contribution in [0.25, 0.3) is 0 Å². The minimum atomic E-state index is -4.62. The highest BCUT2D eigenvalue weighted by atomic mass is 31.2. The van der Waals surface area contributed by atoms with Gasteiger partial charge in [0.25, 0.3) is 0 Å². The Labute approximate surface area is 314 Å². The van der Waals surface area contributed by atoms with Gasteiger partial charge in [-0.05, 0) is 64.2 Å². The number of ether oxygens (including phenoxy) is 2. The van der Waals surface area contributed by atoms with Gasteiger partial charge in [-0.15, -0.1) is 0 Å². The molecule has 0 radical (unpaired) electrons. The van der Waals surface area contributed by atoms with Gasteiger partial charge in [-0.25, -0.2) is 4.57 Å². The van der Waals surface area contributed by atoms with E-state index >= 15 is 0 Å². The van der Waals surface area contributed by atoms with Crippen molar-refractivity contribution in [3.8, 4) is 0 Å². The van der Waals surface area contributed by atoms with Crippen molar-refractivity contribution < 1.29 is 42.7 Å². The van der Waals surface area contributed by atoms with Crippen molar-refractivity contribution >= 4 is 19.8 Å². The molecule has 3 atom stereocenters. The molecule has 0 spiro atoms. The Hall–Kier alpha value is -2.59. The summed E-state index contributed by atoms with van der Waals surface area (Å²) in [5.41, 5.74) is 5.33. The minimum absolute atomic E-state index is 0.00897. The molecule has 0 bridgehead atoms. The van der Waals surface area contributed by atoms with Crippen LogP contribution in [0, 0.1) is 0 Å². The number of phosphoric acid groups is 1. The van der Waals surface area contributed by atoms with E-state index in [1.807, 2.05) is 0 Å². The van der Waals surface area contributed by atoms with Crippen LogP contribution in [0.15, 0.2) is 72.9 Å². The maximum Gasteiger partial charge on any atom is 0.472 e. The fourth-order valence-corrected chi connectivity index (χ4v) is 5.50. The van der Waals surface area contributed by atoms with Gasteiger partial charge in [-0.3, -0.25) is 18.6 Å². The van der Waals surface area contributed by atoms with E-state index in [2.05, 4.69) is 91.3 Å². The highest BCUT2D eigenvalue weighted by molar-refractivity contribution is 7.47. The number of esters is 1. The lowest BCUT2D eigenvalue weighted by molar-refractivity contribution is -0.154. The first-order valence-electron chi connectivity index (χ1n) is 19.5. The van der Waals surface area contributed by atoms with E-state index < -0.39 is 45.1 Å². The first-order valence-corrected chi connectivity index (χ1v) is 21.0. The fraction of sp³-hybridized carbons (Fsp3) is 0.659.